The number of carbonyl (C=O) groups is 1. The second-order valence-corrected chi connectivity index (χ2v) is 4.70. The molecule has 1 saturated heterocycles. The van der Waals surface area contributed by atoms with Gasteiger partial charge in [-0.1, -0.05) is 0 Å². The highest BCUT2D eigenvalue weighted by molar-refractivity contribution is 5.75. The molecule has 0 aromatic rings. The van der Waals surface area contributed by atoms with Crippen molar-refractivity contribution in [2.45, 2.75) is 26.8 Å². The summed E-state index contributed by atoms with van der Waals surface area (Å²) in [5.41, 5.74) is -0.401. The minimum atomic E-state index is -0.401. The Balaban J connectivity index is 2.22. The molecule has 0 saturated carbocycles. The van der Waals surface area contributed by atoms with Crippen molar-refractivity contribution in [1.29, 1.82) is 0 Å². The molecule has 4 nitrogen and oxygen atoms in total. The van der Waals surface area contributed by atoms with Gasteiger partial charge in [0.1, 0.15) is 6.61 Å². The van der Waals surface area contributed by atoms with Crippen LogP contribution in [0.2, 0.25) is 0 Å². The highest BCUT2D eigenvalue weighted by Gasteiger charge is 2.24. The summed E-state index contributed by atoms with van der Waals surface area (Å²) < 4.78 is 5.20. The van der Waals surface area contributed by atoms with E-state index < -0.39 is 5.41 Å². The molecule has 1 aliphatic heterocycles. The van der Waals surface area contributed by atoms with E-state index in [2.05, 4.69) is 10.6 Å². The van der Waals surface area contributed by atoms with Crippen molar-refractivity contribution in [2.75, 3.05) is 26.2 Å². The van der Waals surface area contributed by atoms with E-state index in [9.17, 15) is 4.79 Å². The van der Waals surface area contributed by atoms with Crippen LogP contribution in [0.15, 0.2) is 0 Å². The summed E-state index contributed by atoms with van der Waals surface area (Å²) in [6.45, 7) is 8.85. The Morgan fingerprint density at radius 3 is 2.64 bits per heavy atom. The Morgan fingerprint density at radius 1 is 1.43 bits per heavy atom. The smallest absolute Gasteiger partial charge is 0.311 e. The molecule has 1 fully saturated rings. The molecule has 2 N–H and O–H groups in total. The average Bonchev–Trinajstić information content (AvgIpc) is 2.14. The van der Waals surface area contributed by atoms with Crippen molar-refractivity contribution in [3.05, 3.63) is 0 Å². The van der Waals surface area contributed by atoms with Gasteiger partial charge in [-0.25, -0.2) is 0 Å². The quantitative estimate of drug-likeness (QED) is 0.622. The third kappa shape index (κ3) is 3.64. The van der Waals surface area contributed by atoms with E-state index in [0.717, 1.165) is 19.6 Å². The van der Waals surface area contributed by atoms with Gasteiger partial charge in [-0.05, 0) is 20.8 Å². The molecule has 0 aromatic carbocycles. The summed E-state index contributed by atoms with van der Waals surface area (Å²) in [6, 6.07) is 0.259. The summed E-state index contributed by atoms with van der Waals surface area (Å²) in [4.78, 5) is 11.4. The molecule has 4 heteroatoms. The standard InChI is InChI=1S/C10H20N2O2/c1-10(2,3)9(13)14-7-8-6-11-4-5-12-8/h8,11-12H,4-7H2,1-3H3/t8-/m1/s1. The third-order valence-corrected chi connectivity index (χ3v) is 2.15. The molecule has 0 unspecified atom stereocenters. The van der Waals surface area contributed by atoms with Crippen LogP contribution in [0.5, 0.6) is 0 Å². The topological polar surface area (TPSA) is 50.4 Å². The van der Waals surface area contributed by atoms with Crippen LogP contribution in [0.4, 0.5) is 0 Å². The van der Waals surface area contributed by atoms with Crippen LogP contribution in [0.3, 0.4) is 0 Å². The van der Waals surface area contributed by atoms with Gasteiger partial charge < -0.3 is 15.4 Å². The van der Waals surface area contributed by atoms with Crippen LogP contribution < -0.4 is 10.6 Å². The predicted molar refractivity (Wildman–Crippen MR) is 55.1 cm³/mol. The van der Waals surface area contributed by atoms with Crippen LogP contribution in [0.1, 0.15) is 20.8 Å². The number of piperazine rings is 1. The van der Waals surface area contributed by atoms with E-state index in [4.69, 9.17) is 4.74 Å². The molecule has 0 aliphatic carbocycles. The number of hydrogen-bond donors (Lipinski definition) is 2. The van der Waals surface area contributed by atoms with Gasteiger partial charge in [-0.15, -0.1) is 0 Å². The molecular weight excluding hydrogens is 180 g/mol. The van der Waals surface area contributed by atoms with Gasteiger partial charge in [0, 0.05) is 19.6 Å². The zero-order valence-electron chi connectivity index (χ0n) is 9.22. The summed E-state index contributed by atoms with van der Waals surface area (Å²) in [7, 11) is 0. The molecule has 0 bridgehead atoms. The molecule has 0 radical (unpaired) electrons. The van der Waals surface area contributed by atoms with E-state index in [1.807, 2.05) is 20.8 Å². The van der Waals surface area contributed by atoms with E-state index in [1.54, 1.807) is 0 Å². The molecule has 1 rings (SSSR count). The van der Waals surface area contributed by atoms with E-state index in [1.165, 1.54) is 0 Å². The largest absolute Gasteiger partial charge is 0.464 e. The lowest BCUT2D eigenvalue weighted by atomic mass is 9.97. The number of ether oxygens (including phenoxy) is 1. The van der Waals surface area contributed by atoms with Gasteiger partial charge in [0.2, 0.25) is 0 Å². The van der Waals surface area contributed by atoms with Crippen LogP contribution in [0.25, 0.3) is 0 Å². The fraction of sp³-hybridized carbons (Fsp3) is 0.900. The first-order chi connectivity index (χ1) is 6.50. The molecule has 82 valence electrons. The monoisotopic (exact) mass is 200 g/mol. The van der Waals surface area contributed by atoms with Crippen molar-refractivity contribution >= 4 is 5.97 Å². The van der Waals surface area contributed by atoms with Crippen LogP contribution in [0, 0.1) is 5.41 Å². The van der Waals surface area contributed by atoms with Gasteiger partial charge in [-0.3, -0.25) is 4.79 Å². The Kier molecular flexibility index (Phi) is 3.89. The van der Waals surface area contributed by atoms with Crippen molar-refractivity contribution in [2.24, 2.45) is 5.41 Å². The number of carbonyl (C=O) groups excluding carboxylic acids is 1. The molecule has 1 heterocycles. The Bertz CT molecular complexity index is 193. The van der Waals surface area contributed by atoms with E-state index in [-0.39, 0.29) is 12.0 Å². The Labute approximate surface area is 85.4 Å². The molecule has 0 amide bonds. The maximum Gasteiger partial charge on any atom is 0.311 e. The first-order valence-electron chi connectivity index (χ1n) is 5.11. The molecular formula is C10H20N2O2. The molecule has 0 aromatic heterocycles. The number of esters is 1. The normalized spacial score (nSPS) is 23.2. The first-order valence-corrected chi connectivity index (χ1v) is 5.11. The summed E-state index contributed by atoms with van der Waals surface area (Å²) >= 11 is 0. The zero-order chi connectivity index (χ0) is 10.6. The van der Waals surface area contributed by atoms with Crippen molar-refractivity contribution in [1.82, 2.24) is 10.6 Å². The summed E-state index contributed by atoms with van der Waals surface area (Å²) in [6.07, 6.45) is 0. The lowest BCUT2D eigenvalue weighted by molar-refractivity contribution is -0.153. The molecule has 1 atom stereocenters. The SMILES string of the molecule is CC(C)(C)C(=O)OC[C@H]1CNCCN1. The van der Waals surface area contributed by atoms with E-state index >= 15 is 0 Å². The van der Waals surface area contributed by atoms with Crippen LogP contribution >= 0.6 is 0 Å². The highest BCUT2D eigenvalue weighted by atomic mass is 16.5. The van der Waals surface area contributed by atoms with Crippen molar-refractivity contribution in [3.8, 4) is 0 Å². The van der Waals surface area contributed by atoms with Gasteiger partial charge in [-0.2, -0.15) is 0 Å². The number of rotatable bonds is 2. The fourth-order valence-corrected chi connectivity index (χ4v) is 1.22. The maximum absolute atomic E-state index is 11.4. The highest BCUT2D eigenvalue weighted by Crippen LogP contribution is 2.15. The Morgan fingerprint density at radius 2 is 2.14 bits per heavy atom. The summed E-state index contributed by atoms with van der Waals surface area (Å²) in [5.74, 6) is -0.134. The van der Waals surface area contributed by atoms with Gasteiger partial charge in [0.15, 0.2) is 0 Å². The average molecular weight is 200 g/mol. The summed E-state index contributed by atoms with van der Waals surface area (Å²) in [5, 5.41) is 6.53. The van der Waals surface area contributed by atoms with Gasteiger partial charge >= 0.3 is 5.97 Å². The van der Waals surface area contributed by atoms with Gasteiger partial charge in [0.05, 0.1) is 11.5 Å². The minimum Gasteiger partial charge on any atom is -0.464 e. The Hall–Kier alpha value is -0.610. The van der Waals surface area contributed by atoms with Gasteiger partial charge in [0.25, 0.3) is 0 Å². The molecule has 14 heavy (non-hydrogen) atoms. The van der Waals surface area contributed by atoms with Crippen molar-refractivity contribution in [3.63, 3.8) is 0 Å². The first kappa shape index (κ1) is 11.5. The van der Waals surface area contributed by atoms with E-state index in [0.29, 0.717) is 6.61 Å². The molecule has 0 spiro atoms. The second-order valence-electron chi connectivity index (χ2n) is 4.70. The maximum atomic E-state index is 11.4. The van der Waals surface area contributed by atoms with Crippen molar-refractivity contribution < 1.29 is 9.53 Å². The number of nitrogens with one attached hydrogen (secondary N) is 2. The number of hydrogen-bond acceptors (Lipinski definition) is 4. The predicted octanol–water partition coefficient (Wildman–Crippen LogP) is 0.137. The lowest BCUT2D eigenvalue weighted by Gasteiger charge is -2.25. The minimum absolute atomic E-state index is 0.134. The second kappa shape index (κ2) is 4.75. The molecule has 1 aliphatic rings. The van der Waals surface area contributed by atoms with Crippen LogP contribution in [-0.4, -0.2) is 38.3 Å². The fourth-order valence-electron chi connectivity index (χ4n) is 1.22. The van der Waals surface area contributed by atoms with Crippen LogP contribution in [-0.2, 0) is 9.53 Å². The zero-order valence-corrected chi connectivity index (χ0v) is 9.22. The lowest BCUT2D eigenvalue weighted by Crippen LogP contribution is -2.51. The third-order valence-electron chi connectivity index (χ3n) is 2.15.